The molecule has 0 bridgehead atoms. The lowest BCUT2D eigenvalue weighted by Crippen LogP contribution is -2.52. The summed E-state index contributed by atoms with van der Waals surface area (Å²) in [6, 6.07) is 13.8. The molecule has 3 aliphatic rings. The van der Waals surface area contributed by atoms with Crippen LogP contribution >= 0.6 is 0 Å². The largest absolute Gasteiger partial charge is 0.354 e. The summed E-state index contributed by atoms with van der Waals surface area (Å²) in [5, 5.41) is 1.20. The van der Waals surface area contributed by atoms with Gasteiger partial charge in [0.25, 0.3) is 0 Å². The molecule has 166 valence electrons. The Kier molecular flexibility index (Phi) is 5.27. The topological polar surface area (TPSA) is 48.4 Å². The van der Waals surface area contributed by atoms with Gasteiger partial charge in [0, 0.05) is 62.3 Å². The van der Waals surface area contributed by atoms with Gasteiger partial charge in [-0.15, -0.1) is 0 Å². The van der Waals surface area contributed by atoms with Gasteiger partial charge in [-0.1, -0.05) is 30.7 Å². The standard InChI is InChI=1S/C26H32N6/c1-19(23-10-9-20-5-2-3-8-24(20)29-23)32-12-11-22-25(17-32)27-18-28-26(22)31-15-13-30(14-16-31)21-6-4-7-21/h2-3,5,8-10,18-19,21H,4,6-7,11-17H2,1H3. The van der Waals surface area contributed by atoms with Crippen LogP contribution in [-0.4, -0.2) is 63.5 Å². The minimum atomic E-state index is 0.261. The third-order valence-electron chi connectivity index (χ3n) is 7.81. The zero-order valence-corrected chi connectivity index (χ0v) is 19.0. The van der Waals surface area contributed by atoms with Crippen molar-refractivity contribution in [3.05, 3.63) is 59.7 Å². The zero-order valence-electron chi connectivity index (χ0n) is 19.0. The normalized spacial score (nSPS) is 21.3. The van der Waals surface area contributed by atoms with Crippen molar-refractivity contribution in [2.24, 2.45) is 0 Å². The van der Waals surface area contributed by atoms with Crippen molar-refractivity contribution in [2.75, 3.05) is 37.6 Å². The molecule has 1 saturated carbocycles. The lowest BCUT2D eigenvalue weighted by Gasteiger charge is -2.44. The first-order chi connectivity index (χ1) is 15.8. The van der Waals surface area contributed by atoms with Crippen LogP contribution < -0.4 is 4.90 Å². The zero-order chi connectivity index (χ0) is 21.5. The molecule has 3 aromatic rings. The van der Waals surface area contributed by atoms with Crippen LogP contribution in [0.3, 0.4) is 0 Å². The highest BCUT2D eigenvalue weighted by Gasteiger charge is 2.31. The Morgan fingerprint density at radius 1 is 0.938 bits per heavy atom. The van der Waals surface area contributed by atoms with E-state index in [4.69, 9.17) is 15.0 Å². The van der Waals surface area contributed by atoms with Gasteiger partial charge >= 0.3 is 0 Å². The molecule has 0 N–H and O–H groups in total. The number of piperazine rings is 1. The molecule has 6 heteroatoms. The number of aromatic nitrogens is 3. The van der Waals surface area contributed by atoms with Crippen molar-refractivity contribution in [3.63, 3.8) is 0 Å². The van der Waals surface area contributed by atoms with Crippen LogP contribution in [0.4, 0.5) is 5.82 Å². The summed E-state index contributed by atoms with van der Waals surface area (Å²) in [5.74, 6) is 1.18. The molecule has 4 heterocycles. The average Bonchev–Trinajstić information content (AvgIpc) is 2.82. The summed E-state index contributed by atoms with van der Waals surface area (Å²) in [6.45, 7) is 8.65. The van der Waals surface area contributed by atoms with E-state index in [-0.39, 0.29) is 6.04 Å². The van der Waals surface area contributed by atoms with Gasteiger partial charge in [0.2, 0.25) is 0 Å². The number of nitrogens with zero attached hydrogens (tertiary/aromatic N) is 6. The van der Waals surface area contributed by atoms with E-state index in [0.29, 0.717) is 0 Å². The number of benzene rings is 1. The summed E-state index contributed by atoms with van der Waals surface area (Å²) in [4.78, 5) is 22.1. The van der Waals surface area contributed by atoms with Crippen molar-refractivity contribution < 1.29 is 0 Å². The van der Waals surface area contributed by atoms with E-state index in [1.807, 2.05) is 0 Å². The van der Waals surface area contributed by atoms with Crippen molar-refractivity contribution in [1.82, 2.24) is 24.8 Å². The smallest absolute Gasteiger partial charge is 0.135 e. The maximum Gasteiger partial charge on any atom is 0.135 e. The molecule has 0 amide bonds. The quantitative estimate of drug-likeness (QED) is 0.630. The summed E-state index contributed by atoms with van der Waals surface area (Å²) in [6.07, 6.45) is 6.97. The third kappa shape index (κ3) is 3.65. The highest BCUT2D eigenvalue weighted by molar-refractivity contribution is 5.78. The van der Waals surface area contributed by atoms with Gasteiger partial charge < -0.3 is 4.90 Å². The van der Waals surface area contributed by atoms with Crippen LogP contribution in [0.15, 0.2) is 42.7 Å². The molecule has 0 radical (unpaired) electrons. The number of anilines is 1. The molecular formula is C26H32N6. The van der Waals surface area contributed by atoms with E-state index in [1.165, 1.54) is 54.8 Å². The SMILES string of the molecule is CC(c1ccc2ccccc2n1)N1CCc2c(ncnc2N2CCN(C3CCC3)CC2)C1. The number of para-hydroxylation sites is 1. The second-order valence-electron chi connectivity index (χ2n) is 9.56. The van der Waals surface area contributed by atoms with Crippen molar-refractivity contribution in [2.45, 2.75) is 51.2 Å². The Hall–Kier alpha value is -2.57. The summed E-state index contributed by atoms with van der Waals surface area (Å²) in [5.41, 5.74) is 4.75. The predicted octanol–water partition coefficient (Wildman–Crippen LogP) is 3.82. The molecule has 32 heavy (non-hydrogen) atoms. The Labute approximate surface area is 190 Å². The predicted molar refractivity (Wildman–Crippen MR) is 128 cm³/mol. The molecular weight excluding hydrogens is 396 g/mol. The van der Waals surface area contributed by atoms with Crippen molar-refractivity contribution in [3.8, 4) is 0 Å². The molecule has 1 aliphatic carbocycles. The van der Waals surface area contributed by atoms with Gasteiger partial charge in [0.15, 0.2) is 0 Å². The maximum atomic E-state index is 4.94. The number of rotatable bonds is 4. The van der Waals surface area contributed by atoms with E-state index in [9.17, 15) is 0 Å². The Morgan fingerprint density at radius 2 is 1.78 bits per heavy atom. The van der Waals surface area contributed by atoms with Gasteiger partial charge in [-0.3, -0.25) is 14.8 Å². The van der Waals surface area contributed by atoms with Gasteiger partial charge in [-0.25, -0.2) is 9.97 Å². The summed E-state index contributed by atoms with van der Waals surface area (Å²) < 4.78 is 0. The molecule has 1 unspecified atom stereocenters. The van der Waals surface area contributed by atoms with E-state index >= 15 is 0 Å². The van der Waals surface area contributed by atoms with Crippen LogP contribution in [0.2, 0.25) is 0 Å². The van der Waals surface area contributed by atoms with Crippen LogP contribution in [0.25, 0.3) is 10.9 Å². The first-order valence-electron chi connectivity index (χ1n) is 12.2. The fraction of sp³-hybridized carbons (Fsp3) is 0.500. The van der Waals surface area contributed by atoms with E-state index < -0.39 is 0 Å². The van der Waals surface area contributed by atoms with Gasteiger partial charge in [-0.05, 0) is 38.3 Å². The fourth-order valence-electron chi connectivity index (χ4n) is 5.51. The first-order valence-corrected chi connectivity index (χ1v) is 12.2. The molecule has 1 aromatic carbocycles. The molecule has 2 aliphatic heterocycles. The molecule has 6 nitrogen and oxygen atoms in total. The highest BCUT2D eigenvalue weighted by atomic mass is 15.3. The average molecular weight is 429 g/mol. The summed E-state index contributed by atoms with van der Waals surface area (Å²) in [7, 11) is 0. The Balaban J connectivity index is 1.17. The van der Waals surface area contributed by atoms with Crippen molar-refractivity contribution >= 4 is 16.7 Å². The Morgan fingerprint density at radius 3 is 2.59 bits per heavy atom. The molecule has 2 aromatic heterocycles. The second kappa shape index (κ2) is 8.41. The Bertz CT molecular complexity index is 1100. The first kappa shape index (κ1) is 20.1. The lowest BCUT2D eigenvalue weighted by molar-refractivity contribution is 0.120. The van der Waals surface area contributed by atoms with Gasteiger partial charge in [0.1, 0.15) is 12.1 Å². The molecule has 1 saturated heterocycles. The maximum absolute atomic E-state index is 4.94. The van der Waals surface area contributed by atoms with E-state index in [1.54, 1.807) is 6.33 Å². The molecule has 0 spiro atoms. The van der Waals surface area contributed by atoms with Crippen molar-refractivity contribution in [1.29, 1.82) is 0 Å². The van der Waals surface area contributed by atoms with Crippen LogP contribution in [0.5, 0.6) is 0 Å². The van der Waals surface area contributed by atoms with Gasteiger partial charge in [-0.2, -0.15) is 0 Å². The lowest BCUT2D eigenvalue weighted by atomic mass is 9.91. The van der Waals surface area contributed by atoms with Crippen LogP contribution in [-0.2, 0) is 13.0 Å². The van der Waals surface area contributed by atoms with Crippen LogP contribution in [0.1, 0.15) is 49.2 Å². The van der Waals surface area contributed by atoms with E-state index in [0.717, 1.165) is 49.9 Å². The number of hydrogen-bond acceptors (Lipinski definition) is 6. The monoisotopic (exact) mass is 428 g/mol. The summed E-state index contributed by atoms with van der Waals surface area (Å²) >= 11 is 0. The van der Waals surface area contributed by atoms with Crippen LogP contribution in [0, 0.1) is 0 Å². The molecule has 6 rings (SSSR count). The fourth-order valence-corrected chi connectivity index (χ4v) is 5.51. The van der Waals surface area contributed by atoms with E-state index in [2.05, 4.69) is 58.0 Å². The minimum Gasteiger partial charge on any atom is -0.354 e. The third-order valence-corrected chi connectivity index (χ3v) is 7.81. The highest BCUT2D eigenvalue weighted by Crippen LogP contribution is 2.32. The molecule has 1 atom stereocenters. The minimum absolute atomic E-state index is 0.261. The molecule has 2 fully saturated rings. The second-order valence-corrected chi connectivity index (χ2v) is 9.56. The number of pyridine rings is 1. The number of fused-ring (bicyclic) bond motifs is 2. The number of hydrogen-bond donors (Lipinski definition) is 0. The van der Waals surface area contributed by atoms with Gasteiger partial charge in [0.05, 0.1) is 16.9 Å².